The number of carbonyl (C=O) groups excluding carboxylic acids is 2. The molecular formula is C26H31N3O5. The highest BCUT2D eigenvalue weighted by atomic mass is 16.5. The Morgan fingerprint density at radius 3 is 2.38 bits per heavy atom. The minimum atomic E-state index is -0.485. The van der Waals surface area contributed by atoms with Crippen molar-refractivity contribution in [2.24, 2.45) is 0 Å². The van der Waals surface area contributed by atoms with Crippen molar-refractivity contribution >= 4 is 11.8 Å². The predicted molar refractivity (Wildman–Crippen MR) is 129 cm³/mol. The maximum atomic E-state index is 12.4. The fourth-order valence-corrected chi connectivity index (χ4v) is 3.20. The van der Waals surface area contributed by atoms with Crippen molar-refractivity contribution in [1.82, 2.24) is 15.8 Å². The van der Waals surface area contributed by atoms with E-state index in [4.69, 9.17) is 14.0 Å². The van der Waals surface area contributed by atoms with Crippen LogP contribution in [0.15, 0.2) is 59.1 Å². The molecule has 0 aliphatic carbocycles. The summed E-state index contributed by atoms with van der Waals surface area (Å²) in [4.78, 5) is 24.8. The summed E-state index contributed by atoms with van der Waals surface area (Å²) in [5.74, 6) is 1.02. The molecule has 8 heteroatoms. The normalized spacial score (nSPS) is 11.5. The second-order valence-electron chi connectivity index (χ2n) is 7.82. The third-order valence-electron chi connectivity index (χ3n) is 4.98. The van der Waals surface area contributed by atoms with Crippen LogP contribution in [0, 0.1) is 0 Å². The first kappa shape index (κ1) is 24.8. The molecule has 0 aliphatic rings. The van der Waals surface area contributed by atoms with Crippen molar-refractivity contribution in [2.45, 2.75) is 39.7 Å². The number of hydrogen-bond acceptors (Lipinski definition) is 6. The molecule has 0 bridgehead atoms. The Morgan fingerprint density at radius 2 is 1.68 bits per heavy atom. The number of amides is 2. The van der Waals surface area contributed by atoms with E-state index in [-0.39, 0.29) is 24.2 Å². The first-order valence-corrected chi connectivity index (χ1v) is 11.5. The van der Waals surface area contributed by atoms with Gasteiger partial charge in [0, 0.05) is 11.6 Å². The Kier molecular flexibility index (Phi) is 9.08. The van der Waals surface area contributed by atoms with Gasteiger partial charge in [0.15, 0.2) is 23.0 Å². The van der Waals surface area contributed by atoms with Gasteiger partial charge < -0.3 is 24.6 Å². The maximum Gasteiger partial charge on any atom is 0.273 e. The van der Waals surface area contributed by atoms with E-state index >= 15 is 0 Å². The van der Waals surface area contributed by atoms with Gasteiger partial charge in [-0.2, -0.15) is 0 Å². The molecule has 8 nitrogen and oxygen atoms in total. The van der Waals surface area contributed by atoms with Gasteiger partial charge >= 0.3 is 0 Å². The van der Waals surface area contributed by atoms with Crippen LogP contribution < -0.4 is 20.1 Å². The van der Waals surface area contributed by atoms with Crippen molar-refractivity contribution in [1.29, 1.82) is 0 Å². The lowest BCUT2D eigenvalue weighted by Gasteiger charge is -2.18. The average Bonchev–Trinajstić information content (AvgIpc) is 3.36. The molecular weight excluding hydrogens is 434 g/mol. The summed E-state index contributed by atoms with van der Waals surface area (Å²) in [5.41, 5.74) is 1.80. The van der Waals surface area contributed by atoms with Gasteiger partial charge in [0.05, 0.1) is 25.8 Å². The minimum absolute atomic E-state index is 0.111. The molecule has 0 saturated heterocycles. The number of carbonyl (C=O) groups is 2. The molecule has 0 saturated carbocycles. The van der Waals surface area contributed by atoms with Gasteiger partial charge in [-0.1, -0.05) is 55.4 Å². The number of hydrogen-bond donors (Lipinski definition) is 2. The van der Waals surface area contributed by atoms with Crippen LogP contribution in [0.4, 0.5) is 0 Å². The molecule has 0 fully saturated rings. The van der Waals surface area contributed by atoms with Crippen LogP contribution in [0.25, 0.3) is 11.3 Å². The Morgan fingerprint density at radius 1 is 0.971 bits per heavy atom. The largest absolute Gasteiger partial charge is 0.490 e. The quantitative estimate of drug-likeness (QED) is 0.408. The van der Waals surface area contributed by atoms with Crippen LogP contribution in [0.2, 0.25) is 0 Å². The lowest BCUT2D eigenvalue weighted by Crippen LogP contribution is -2.38. The van der Waals surface area contributed by atoms with Crippen LogP contribution in [0.5, 0.6) is 11.5 Å². The number of benzene rings is 2. The van der Waals surface area contributed by atoms with Crippen LogP contribution >= 0.6 is 0 Å². The van der Waals surface area contributed by atoms with Gasteiger partial charge in [-0.15, -0.1) is 0 Å². The molecule has 180 valence electrons. The summed E-state index contributed by atoms with van der Waals surface area (Å²) in [5, 5.41) is 9.26. The minimum Gasteiger partial charge on any atom is -0.490 e. The van der Waals surface area contributed by atoms with Crippen molar-refractivity contribution in [3.8, 4) is 22.8 Å². The molecule has 0 spiro atoms. The molecule has 34 heavy (non-hydrogen) atoms. The first-order chi connectivity index (χ1) is 16.5. The second-order valence-corrected chi connectivity index (χ2v) is 7.82. The average molecular weight is 466 g/mol. The SMILES string of the molecule is CCCOc1ccc([C@H](C)NC(=O)CNC(=O)c2cc(-c3ccccc3)on2)cc1OCCC. The van der Waals surface area contributed by atoms with E-state index in [2.05, 4.69) is 15.8 Å². The van der Waals surface area contributed by atoms with Crippen molar-refractivity contribution < 1.29 is 23.6 Å². The Bertz CT molecular complexity index is 1080. The third kappa shape index (κ3) is 6.84. The first-order valence-electron chi connectivity index (χ1n) is 11.5. The maximum absolute atomic E-state index is 12.4. The highest BCUT2D eigenvalue weighted by Gasteiger charge is 2.17. The van der Waals surface area contributed by atoms with E-state index in [1.165, 1.54) is 0 Å². The zero-order valence-corrected chi connectivity index (χ0v) is 19.8. The molecule has 3 rings (SSSR count). The summed E-state index contributed by atoms with van der Waals surface area (Å²) >= 11 is 0. The topological polar surface area (TPSA) is 103 Å². The van der Waals surface area contributed by atoms with Crippen LogP contribution in [0.3, 0.4) is 0 Å². The standard InChI is InChI=1S/C26H31N3O5/c1-4-13-32-22-12-11-20(15-24(22)33-14-5-2)18(3)28-25(30)17-27-26(31)21-16-23(34-29-21)19-9-7-6-8-10-19/h6-12,15-16,18H,4-5,13-14,17H2,1-3H3,(H,27,31)(H,28,30)/t18-/m0/s1. The number of nitrogens with one attached hydrogen (secondary N) is 2. The van der Waals surface area contributed by atoms with Gasteiger partial charge in [0.1, 0.15) is 0 Å². The fourth-order valence-electron chi connectivity index (χ4n) is 3.20. The number of nitrogens with zero attached hydrogens (tertiary/aromatic N) is 1. The summed E-state index contributed by atoms with van der Waals surface area (Å²) in [6.45, 7) is 6.94. The van der Waals surface area contributed by atoms with E-state index in [1.54, 1.807) is 6.07 Å². The van der Waals surface area contributed by atoms with Gasteiger partial charge in [0.25, 0.3) is 5.91 Å². The van der Waals surface area contributed by atoms with Crippen LogP contribution in [-0.2, 0) is 4.79 Å². The van der Waals surface area contributed by atoms with E-state index in [9.17, 15) is 9.59 Å². The second kappa shape index (κ2) is 12.4. The smallest absolute Gasteiger partial charge is 0.273 e. The van der Waals surface area contributed by atoms with Crippen molar-refractivity contribution in [3.05, 3.63) is 65.9 Å². The molecule has 1 aromatic heterocycles. The summed E-state index contributed by atoms with van der Waals surface area (Å²) in [6, 6.07) is 16.2. The summed E-state index contributed by atoms with van der Waals surface area (Å²) < 4.78 is 16.8. The van der Waals surface area contributed by atoms with E-state index in [0.29, 0.717) is 30.5 Å². The molecule has 0 aliphatic heterocycles. The van der Waals surface area contributed by atoms with Gasteiger partial charge in [-0.3, -0.25) is 9.59 Å². The predicted octanol–water partition coefficient (Wildman–Crippen LogP) is 4.53. The summed E-state index contributed by atoms with van der Waals surface area (Å²) in [7, 11) is 0. The van der Waals surface area contributed by atoms with Gasteiger partial charge in [-0.05, 0) is 37.5 Å². The highest BCUT2D eigenvalue weighted by molar-refractivity contribution is 5.95. The molecule has 3 aromatic rings. The van der Waals surface area contributed by atoms with Gasteiger partial charge in [0.2, 0.25) is 5.91 Å². The third-order valence-corrected chi connectivity index (χ3v) is 4.98. The Labute approximate surface area is 199 Å². The zero-order chi connectivity index (χ0) is 24.3. The van der Waals surface area contributed by atoms with E-state index in [1.807, 2.05) is 69.3 Å². The number of rotatable bonds is 12. The zero-order valence-electron chi connectivity index (χ0n) is 19.8. The van der Waals surface area contributed by atoms with Crippen LogP contribution in [0.1, 0.15) is 55.7 Å². The number of ether oxygens (including phenoxy) is 2. The van der Waals surface area contributed by atoms with Crippen LogP contribution in [-0.4, -0.2) is 36.7 Å². The Hall–Kier alpha value is -3.81. The monoisotopic (exact) mass is 465 g/mol. The number of aromatic nitrogens is 1. The van der Waals surface area contributed by atoms with Crippen molar-refractivity contribution in [3.63, 3.8) is 0 Å². The highest BCUT2D eigenvalue weighted by Crippen LogP contribution is 2.31. The molecule has 0 radical (unpaired) electrons. The van der Waals surface area contributed by atoms with E-state index in [0.717, 1.165) is 24.0 Å². The molecule has 0 unspecified atom stereocenters. The van der Waals surface area contributed by atoms with Gasteiger partial charge in [-0.25, -0.2) is 0 Å². The molecule has 1 atom stereocenters. The van der Waals surface area contributed by atoms with E-state index < -0.39 is 5.91 Å². The lowest BCUT2D eigenvalue weighted by atomic mass is 10.1. The Balaban J connectivity index is 1.55. The lowest BCUT2D eigenvalue weighted by molar-refractivity contribution is -0.120. The van der Waals surface area contributed by atoms with Crippen molar-refractivity contribution in [2.75, 3.05) is 19.8 Å². The molecule has 2 N–H and O–H groups in total. The molecule has 2 aromatic carbocycles. The molecule has 2 amide bonds. The summed E-state index contributed by atoms with van der Waals surface area (Å²) in [6.07, 6.45) is 1.77. The molecule has 1 heterocycles. The fraction of sp³-hybridized carbons (Fsp3) is 0.346.